The largest absolute Gasteiger partial charge is 0.0622 e. The molecule has 0 radical (unpaired) electrons. The number of hydrogen-bond acceptors (Lipinski definition) is 0. The van der Waals surface area contributed by atoms with E-state index in [2.05, 4.69) is 352 Å². The fourth-order valence-corrected chi connectivity index (χ4v) is 11.1. The Kier molecular flexibility index (Phi) is 14.7. The van der Waals surface area contributed by atoms with E-state index < -0.39 is 0 Å². The van der Waals surface area contributed by atoms with Gasteiger partial charge in [0.15, 0.2) is 0 Å². The number of rotatable bonds is 14. The third-order valence-electron chi connectivity index (χ3n) is 15.6. The van der Waals surface area contributed by atoms with Crippen LogP contribution in [0.4, 0.5) is 0 Å². The first kappa shape index (κ1) is 50.8. The van der Waals surface area contributed by atoms with Crippen molar-refractivity contribution in [2.24, 2.45) is 0 Å². The molecule has 386 valence electrons. The first-order chi connectivity index (χ1) is 40.6. The predicted octanol–water partition coefficient (Wildman–Crippen LogP) is 22.2. The average Bonchev–Trinajstić information content (AvgIpc) is 3.65. The molecule has 0 bridgehead atoms. The first-order valence-corrected chi connectivity index (χ1v) is 28.2. The van der Waals surface area contributed by atoms with Crippen molar-refractivity contribution in [2.75, 3.05) is 0 Å². The minimum atomic E-state index is 1.13. The second-order valence-corrected chi connectivity index (χ2v) is 20.8. The molecule has 0 aliphatic carbocycles. The highest BCUT2D eigenvalue weighted by Gasteiger charge is 2.13. The third-order valence-corrected chi connectivity index (χ3v) is 15.6. The molecule has 0 fully saturated rings. The van der Waals surface area contributed by atoms with Crippen LogP contribution >= 0.6 is 0 Å². The summed E-state index contributed by atoms with van der Waals surface area (Å²) in [6.07, 6.45) is 13.9. The smallest absolute Gasteiger partial charge is 0.0105 e. The summed E-state index contributed by atoms with van der Waals surface area (Å²) in [5, 5.41) is 4.86. The van der Waals surface area contributed by atoms with Crippen molar-refractivity contribution < 1.29 is 0 Å². The molecule has 0 saturated heterocycles. The summed E-state index contributed by atoms with van der Waals surface area (Å²) in [5.74, 6) is 0. The summed E-state index contributed by atoms with van der Waals surface area (Å²) in [7, 11) is 0. The van der Waals surface area contributed by atoms with Crippen LogP contribution < -0.4 is 0 Å². The predicted molar refractivity (Wildman–Crippen MR) is 354 cm³/mol. The number of fused-ring (bicyclic) bond motifs is 2. The molecule has 82 heavy (non-hydrogen) atoms. The molecule has 0 amide bonds. The minimum absolute atomic E-state index is 1.13. The van der Waals surface area contributed by atoms with Crippen molar-refractivity contribution in [2.45, 2.75) is 0 Å². The monoisotopic (exact) mass is 1040 g/mol. The molecule has 0 heterocycles. The fraction of sp³-hybridized carbons (Fsp3) is 0. The topological polar surface area (TPSA) is 0 Å². The standard InChI is InChI=1S/C82H58/c1-5-19-59(20-6-1)65-33-43-69(44-34-65)81(70-45-35-66(36-46-70)60-21-7-2-8-22-60)57-75-31-15-13-27-63(75)41-51-77-55-79-53-73-29-17-18-30-74(73)54-80(79)56-78(77)52-42-64-28-14-16-32-76(64)58-82(71-47-37-67(38-48-71)61-23-9-3-10-24-61)72-49-39-68(40-50-72)62-25-11-4-12-26-62/h1-58H. The highest BCUT2D eigenvalue weighted by Crippen LogP contribution is 2.35. The van der Waals surface area contributed by atoms with E-state index in [9.17, 15) is 0 Å². The number of hydrogen-bond donors (Lipinski definition) is 0. The summed E-state index contributed by atoms with van der Waals surface area (Å²) < 4.78 is 0. The summed E-state index contributed by atoms with van der Waals surface area (Å²) in [5.41, 5.74) is 23.3. The normalized spacial score (nSPS) is 11.3. The van der Waals surface area contributed by atoms with Gasteiger partial charge in [-0.15, -0.1) is 0 Å². The minimum Gasteiger partial charge on any atom is -0.0622 e. The molecule has 13 rings (SSSR count). The van der Waals surface area contributed by atoms with Gasteiger partial charge in [-0.1, -0.05) is 315 Å². The van der Waals surface area contributed by atoms with Crippen molar-refractivity contribution in [1.82, 2.24) is 0 Å². The molecule has 0 aliphatic rings. The van der Waals surface area contributed by atoms with Crippen LogP contribution in [0.2, 0.25) is 0 Å². The molecule has 13 aromatic rings. The Morgan fingerprint density at radius 2 is 0.402 bits per heavy atom. The van der Waals surface area contributed by atoms with Crippen LogP contribution in [-0.4, -0.2) is 0 Å². The Hall–Kier alpha value is -10.7. The van der Waals surface area contributed by atoms with Crippen LogP contribution in [0.5, 0.6) is 0 Å². The maximum absolute atomic E-state index is 2.36. The summed E-state index contributed by atoms with van der Waals surface area (Å²) in [6.45, 7) is 0. The van der Waals surface area contributed by atoms with Gasteiger partial charge in [-0.2, -0.15) is 0 Å². The zero-order valence-electron chi connectivity index (χ0n) is 45.5. The van der Waals surface area contributed by atoms with Crippen LogP contribution in [-0.2, 0) is 0 Å². The van der Waals surface area contributed by atoms with Crippen molar-refractivity contribution >= 4 is 69.1 Å². The van der Waals surface area contributed by atoms with Gasteiger partial charge in [0.2, 0.25) is 0 Å². The van der Waals surface area contributed by atoms with E-state index in [0.717, 1.165) is 66.8 Å². The van der Waals surface area contributed by atoms with Gasteiger partial charge in [0.05, 0.1) is 0 Å². The van der Waals surface area contributed by atoms with Gasteiger partial charge in [0.1, 0.15) is 0 Å². The van der Waals surface area contributed by atoms with Crippen LogP contribution in [0.1, 0.15) is 55.6 Å². The third kappa shape index (κ3) is 11.4. The highest BCUT2D eigenvalue weighted by atomic mass is 14.2. The molecule has 0 N–H and O–H groups in total. The van der Waals surface area contributed by atoms with E-state index in [4.69, 9.17) is 0 Å². The Balaban J connectivity index is 0.888. The van der Waals surface area contributed by atoms with Crippen LogP contribution in [0.15, 0.2) is 315 Å². The van der Waals surface area contributed by atoms with Gasteiger partial charge in [-0.25, -0.2) is 0 Å². The summed E-state index contributed by atoms with van der Waals surface area (Å²) in [6, 6.07) is 114. The van der Waals surface area contributed by atoms with E-state index in [-0.39, 0.29) is 0 Å². The van der Waals surface area contributed by atoms with Gasteiger partial charge < -0.3 is 0 Å². The lowest BCUT2D eigenvalue weighted by molar-refractivity contribution is 1.53. The molecule has 13 aromatic carbocycles. The van der Waals surface area contributed by atoms with Gasteiger partial charge in [-0.05, 0) is 169 Å². The molecule has 0 unspecified atom stereocenters. The maximum Gasteiger partial charge on any atom is -0.0105 e. The maximum atomic E-state index is 2.36. The van der Waals surface area contributed by atoms with Gasteiger partial charge >= 0.3 is 0 Å². The van der Waals surface area contributed by atoms with Crippen molar-refractivity contribution in [1.29, 1.82) is 0 Å². The van der Waals surface area contributed by atoms with Gasteiger partial charge in [-0.3, -0.25) is 0 Å². The quantitative estimate of drug-likeness (QED) is 0.0752. The molecule has 0 atom stereocenters. The van der Waals surface area contributed by atoms with E-state index in [1.165, 1.54) is 66.1 Å². The van der Waals surface area contributed by atoms with Crippen molar-refractivity contribution in [3.05, 3.63) is 371 Å². The lowest BCUT2D eigenvalue weighted by atomic mass is 9.91. The molecule has 0 aliphatic heterocycles. The molecule has 0 aromatic heterocycles. The molecule has 0 heteroatoms. The fourth-order valence-electron chi connectivity index (χ4n) is 11.1. The van der Waals surface area contributed by atoms with Gasteiger partial charge in [0.25, 0.3) is 0 Å². The average molecular weight is 1040 g/mol. The number of benzene rings is 13. The van der Waals surface area contributed by atoms with Crippen molar-refractivity contribution in [3.63, 3.8) is 0 Å². The molecular weight excluding hydrogens is 985 g/mol. The van der Waals surface area contributed by atoms with E-state index in [1.807, 2.05) is 0 Å². The second kappa shape index (κ2) is 23.7. The zero-order chi connectivity index (χ0) is 54.9. The zero-order valence-corrected chi connectivity index (χ0v) is 45.5. The molecule has 0 saturated carbocycles. The van der Waals surface area contributed by atoms with Crippen LogP contribution in [0, 0.1) is 0 Å². The molecular formula is C82H58. The summed E-state index contributed by atoms with van der Waals surface area (Å²) in [4.78, 5) is 0. The Morgan fingerprint density at radius 1 is 0.171 bits per heavy atom. The van der Waals surface area contributed by atoms with E-state index in [0.29, 0.717) is 0 Å². The highest BCUT2D eigenvalue weighted by molar-refractivity contribution is 6.02. The lowest BCUT2D eigenvalue weighted by Gasteiger charge is -2.13. The SMILES string of the molecule is C(=Cc1cc2cc3ccccc3cc2cc1C=Cc1ccccc1C=C(c1ccc(-c2ccccc2)cc1)c1ccc(-c2ccccc2)cc1)c1ccccc1C=C(c1ccc(-c2ccccc2)cc1)c1ccc(-c2ccccc2)cc1. The Morgan fingerprint density at radius 3 is 0.695 bits per heavy atom. The summed E-state index contributed by atoms with van der Waals surface area (Å²) >= 11 is 0. The van der Waals surface area contributed by atoms with E-state index >= 15 is 0 Å². The van der Waals surface area contributed by atoms with Crippen molar-refractivity contribution in [3.8, 4) is 44.5 Å². The lowest BCUT2D eigenvalue weighted by Crippen LogP contribution is -1.91. The molecule has 0 spiro atoms. The van der Waals surface area contributed by atoms with Gasteiger partial charge in [0, 0.05) is 0 Å². The van der Waals surface area contributed by atoms with Crippen LogP contribution in [0.3, 0.4) is 0 Å². The Bertz CT molecular complexity index is 3990. The second-order valence-electron chi connectivity index (χ2n) is 20.8. The van der Waals surface area contributed by atoms with E-state index in [1.54, 1.807) is 0 Å². The first-order valence-electron chi connectivity index (χ1n) is 28.2. The van der Waals surface area contributed by atoms with Crippen LogP contribution in [0.25, 0.3) is 114 Å². The Labute approximate surface area is 482 Å². The molecule has 0 nitrogen and oxygen atoms in total.